The predicted octanol–water partition coefficient (Wildman–Crippen LogP) is 5.51. The quantitative estimate of drug-likeness (QED) is 0.214. The molecule has 174 valence electrons. The van der Waals surface area contributed by atoms with Gasteiger partial charge in [-0.05, 0) is 12.8 Å². The van der Waals surface area contributed by atoms with Crippen LogP contribution in [0.3, 0.4) is 0 Å². The molecule has 1 rings (SSSR count). The number of nitrogens with zero attached hydrogens (tertiary/aromatic N) is 2. The van der Waals surface area contributed by atoms with Crippen molar-refractivity contribution in [2.24, 2.45) is 0 Å². The molecule has 0 aliphatic carbocycles. The molecule has 2 amide bonds. The van der Waals surface area contributed by atoms with E-state index >= 15 is 0 Å². The fourth-order valence-electron chi connectivity index (χ4n) is 2.71. The Balaban J connectivity index is 1.86. The smallest absolute Gasteiger partial charge is 0.381 e. The topological polar surface area (TPSA) is 88.2 Å². The molecule has 1 aromatic heterocycles. The number of carbonyl (C=O) groups excluding carboxylic acids is 1. The van der Waals surface area contributed by atoms with Gasteiger partial charge in [-0.2, -0.15) is 22.5 Å². The van der Waals surface area contributed by atoms with Crippen LogP contribution >= 0.6 is 11.5 Å². The van der Waals surface area contributed by atoms with Crippen molar-refractivity contribution in [2.75, 3.05) is 25.2 Å². The number of urea groups is 1. The van der Waals surface area contributed by atoms with Crippen molar-refractivity contribution in [2.45, 2.75) is 83.7 Å². The largest absolute Gasteiger partial charge is 0.452 e. The van der Waals surface area contributed by atoms with Gasteiger partial charge in [0.15, 0.2) is 0 Å². The fraction of sp³-hybridized carbons (Fsp3) is 0.842. The van der Waals surface area contributed by atoms with Gasteiger partial charge in [-0.25, -0.2) is 10.2 Å². The van der Waals surface area contributed by atoms with E-state index < -0.39 is 18.0 Å². The highest BCUT2D eigenvalue weighted by Gasteiger charge is 2.36. The Hall–Kier alpha value is -1.62. The number of hydrogen-bond donors (Lipinski definition) is 3. The van der Waals surface area contributed by atoms with E-state index in [0.29, 0.717) is 31.1 Å². The van der Waals surface area contributed by atoms with Crippen molar-refractivity contribution >= 4 is 22.7 Å². The summed E-state index contributed by atoms with van der Waals surface area (Å²) in [5, 5.41) is 2.43. The molecule has 11 heteroatoms. The number of carbonyl (C=O) groups is 1. The lowest BCUT2D eigenvalue weighted by molar-refractivity contribution is -0.144. The van der Waals surface area contributed by atoms with Crippen LogP contribution in [0.15, 0.2) is 0 Å². The highest BCUT2D eigenvalue weighted by atomic mass is 32.1. The first-order valence-corrected chi connectivity index (χ1v) is 11.5. The second kappa shape index (κ2) is 16.1. The van der Waals surface area contributed by atoms with E-state index in [-0.39, 0.29) is 5.13 Å². The van der Waals surface area contributed by atoms with Crippen molar-refractivity contribution < 1.29 is 22.7 Å². The Kier molecular flexibility index (Phi) is 14.2. The van der Waals surface area contributed by atoms with Crippen LogP contribution in [0.25, 0.3) is 0 Å². The molecule has 7 nitrogen and oxygen atoms in total. The molecule has 0 aromatic carbocycles. The number of ether oxygens (including phenoxy) is 1. The number of hydrogen-bond acceptors (Lipinski definition) is 6. The van der Waals surface area contributed by atoms with Crippen molar-refractivity contribution in [3.05, 3.63) is 5.82 Å². The Labute approximate surface area is 180 Å². The lowest BCUT2D eigenvalue weighted by Gasteiger charge is -2.08. The number of unbranched alkanes of at least 4 members (excludes halogenated alkanes) is 9. The van der Waals surface area contributed by atoms with Gasteiger partial charge < -0.3 is 10.1 Å². The maximum atomic E-state index is 12.4. The van der Waals surface area contributed by atoms with Gasteiger partial charge >= 0.3 is 12.2 Å². The second-order valence-electron chi connectivity index (χ2n) is 7.07. The van der Waals surface area contributed by atoms with E-state index in [1.54, 1.807) is 0 Å². The Bertz CT molecular complexity index is 573. The van der Waals surface area contributed by atoms with Gasteiger partial charge in [-0.15, -0.1) is 0 Å². The van der Waals surface area contributed by atoms with Crippen molar-refractivity contribution in [3.8, 4) is 0 Å². The highest BCUT2D eigenvalue weighted by molar-refractivity contribution is 7.09. The van der Waals surface area contributed by atoms with Gasteiger partial charge in [0.2, 0.25) is 11.0 Å². The van der Waals surface area contributed by atoms with Gasteiger partial charge in [0.1, 0.15) is 0 Å². The third-order valence-corrected chi connectivity index (χ3v) is 4.99. The van der Waals surface area contributed by atoms with Crippen molar-refractivity contribution in [3.63, 3.8) is 0 Å². The third kappa shape index (κ3) is 13.6. The number of alkyl halides is 3. The summed E-state index contributed by atoms with van der Waals surface area (Å²) in [6.07, 6.45) is 8.89. The molecule has 0 aliphatic rings. The molecule has 1 heterocycles. The van der Waals surface area contributed by atoms with E-state index in [9.17, 15) is 18.0 Å². The Morgan fingerprint density at radius 2 is 1.57 bits per heavy atom. The average Bonchev–Trinajstić information content (AvgIpc) is 3.19. The summed E-state index contributed by atoms with van der Waals surface area (Å²) in [6, 6.07) is -0.562. The molecule has 0 aliphatic heterocycles. The van der Waals surface area contributed by atoms with Crippen LogP contribution in [-0.4, -0.2) is 35.1 Å². The number of rotatable bonds is 17. The minimum Gasteiger partial charge on any atom is -0.381 e. The molecular weight excluding hydrogens is 419 g/mol. The van der Waals surface area contributed by atoms with E-state index in [0.717, 1.165) is 13.0 Å². The maximum absolute atomic E-state index is 12.4. The summed E-state index contributed by atoms with van der Waals surface area (Å²) in [5.41, 5.74) is 4.50. The van der Waals surface area contributed by atoms with E-state index in [4.69, 9.17) is 4.74 Å². The summed E-state index contributed by atoms with van der Waals surface area (Å²) in [7, 11) is 0. The number of amides is 2. The van der Waals surface area contributed by atoms with Crippen LogP contribution in [0.1, 0.15) is 83.4 Å². The summed E-state index contributed by atoms with van der Waals surface area (Å²) < 4.78 is 45.8. The summed E-state index contributed by atoms with van der Waals surface area (Å²) in [4.78, 5) is 14.8. The lowest BCUT2D eigenvalue weighted by Crippen LogP contribution is -2.39. The first-order valence-electron chi connectivity index (χ1n) is 10.7. The number of hydrazine groups is 1. The molecule has 0 saturated heterocycles. The number of halogens is 3. The average molecular weight is 454 g/mol. The van der Waals surface area contributed by atoms with Gasteiger partial charge in [0, 0.05) is 31.3 Å². The summed E-state index contributed by atoms with van der Waals surface area (Å²) in [5.74, 6) is -1.24. The maximum Gasteiger partial charge on any atom is 0.452 e. The zero-order valence-electron chi connectivity index (χ0n) is 17.7. The first-order chi connectivity index (χ1) is 14.4. The van der Waals surface area contributed by atoms with Gasteiger partial charge in [0.25, 0.3) is 0 Å². The predicted molar refractivity (Wildman–Crippen MR) is 112 cm³/mol. The normalized spacial score (nSPS) is 11.5. The number of nitrogens with one attached hydrogen (secondary N) is 3. The molecule has 0 spiro atoms. The van der Waals surface area contributed by atoms with Crippen LogP contribution < -0.4 is 16.2 Å². The van der Waals surface area contributed by atoms with Crippen molar-refractivity contribution in [1.82, 2.24) is 20.1 Å². The summed E-state index contributed by atoms with van der Waals surface area (Å²) in [6.45, 7) is 3.91. The van der Waals surface area contributed by atoms with Crippen LogP contribution in [-0.2, 0) is 10.9 Å². The molecule has 3 N–H and O–H groups in total. The van der Waals surface area contributed by atoms with Crippen molar-refractivity contribution in [1.29, 1.82) is 0 Å². The molecule has 0 fully saturated rings. The minimum atomic E-state index is -4.60. The van der Waals surface area contributed by atoms with E-state index in [1.165, 1.54) is 57.8 Å². The first kappa shape index (κ1) is 26.4. The van der Waals surface area contributed by atoms with Gasteiger partial charge in [-0.1, -0.05) is 64.7 Å². The highest BCUT2D eigenvalue weighted by Crippen LogP contribution is 2.28. The van der Waals surface area contributed by atoms with E-state index in [2.05, 4.69) is 32.4 Å². The standard InChI is InChI=1S/C19H34F3N5O2S/c1-2-3-4-5-6-7-8-9-10-11-14-29-15-12-13-23-17(28)25-26-18-24-16(27-30-18)19(20,21)22/h2-15H2,1H3,(H2,23,25,28)(H,24,26,27). The second-order valence-corrected chi connectivity index (χ2v) is 7.83. The SMILES string of the molecule is CCCCCCCCCCCCOCCCNC(=O)NNc1nc(C(F)(F)F)ns1. The van der Waals surface area contributed by atoms with Gasteiger partial charge in [0.05, 0.1) is 0 Å². The number of anilines is 1. The van der Waals surface area contributed by atoms with Crippen LogP contribution in [0, 0.1) is 0 Å². The molecule has 1 aromatic rings. The third-order valence-electron chi connectivity index (χ3n) is 4.36. The molecule has 0 saturated carbocycles. The van der Waals surface area contributed by atoms with Crippen LogP contribution in [0.5, 0.6) is 0 Å². The Morgan fingerprint density at radius 1 is 0.967 bits per heavy atom. The fourth-order valence-corrected chi connectivity index (χ4v) is 3.25. The molecule has 0 bridgehead atoms. The molecule has 0 radical (unpaired) electrons. The van der Waals surface area contributed by atoms with E-state index in [1.807, 2.05) is 0 Å². The molecule has 0 atom stereocenters. The summed E-state index contributed by atoms with van der Waals surface area (Å²) >= 11 is 0.513. The van der Waals surface area contributed by atoms with Crippen LogP contribution in [0.2, 0.25) is 0 Å². The Morgan fingerprint density at radius 3 is 2.17 bits per heavy atom. The zero-order chi connectivity index (χ0) is 22.1. The molecule has 30 heavy (non-hydrogen) atoms. The van der Waals surface area contributed by atoms with Crippen LogP contribution in [0.4, 0.5) is 23.1 Å². The minimum absolute atomic E-state index is 0.141. The molecular formula is C19H34F3N5O2S. The number of aromatic nitrogens is 2. The zero-order valence-corrected chi connectivity index (χ0v) is 18.5. The van der Waals surface area contributed by atoms with Gasteiger partial charge in [-0.3, -0.25) is 5.43 Å². The monoisotopic (exact) mass is 453 g/mol. The molecule has 0 unspecified atom stereocenters. The lowest BCUT2D eigenvalue weighted by atomic mass is 10.1.